The van der Waals surface area contributed by atoms with Crippen molar-refractivity contribution in [3.63, 3.8) is 0 Å². The Bertz CT molecular complexity index is 347. The van der Waals surface area contributed by atoms with Crippen LogP contribution in [0.2, 0.25) is 0 Å². The quantitative estimate of drug-likeness (QED) is 0.651. The summed E-state index contributed by atoms with van der Waals surface area (Å²) in [7, 11) is 0. The number of hydrogen-bond donors (Lipinski definition) is 2. The van der Waals surface area contributed by atoms with Crippen LogP contribution in [0.5, 0.6) is 0 Å². The molecule has 0 bridgehead atoms. The van der Waals surface area contributed by atoms with Gasteiger partial charge in [0.1, 0.15) is 0 Å². The van der Waals surface area contributed by atoms with Crippen molar-refractivity contribution in [3.05, 3.63) is 0 Å². The summed E-state index contributed by atoms with van der Waals surface area (Å²) < 4.78 is 0. The molecule has 2 fully saturated rings. The van der Waals surface area contributed by atoms with E-state index in [2.05, 4.69) is 39.9 Å². The van der Waals surface area contributed by atoms with Crippen LogP contribution in [-0.2, 0) is 0 Å². The van der Waals surface area contributed by atoms with Crippen LogP contribution in [0.25, 0.3) is 0 Å². The zero-order valence-electron chi connectivity index (χ0n) is 16.3. The molecule has 3 atom stereocenters. The highest BCUT2D eigenvalue weighted by molar-refractivity contribution is 4.99. The van der Waals surface area contributed by atoms with Crippen molar-refractivity contribution >= 4 is 0 Å². The molecule has 0 spiro atoms. The Morgan fingerprint density at radius 3 is 2.17 bits per heavy atom. The first-order valence-electron chi connectivity index (χ1n) is 10.2. The molecule has 136 valence electrons. The van der Waals surface area contributed by atoms with Crippen molar-refractivity contribution in [1.29, 1.82) is 0 Å². The number of unbranched alkanes of at least 4 members (excludes halogenated alkanes) is 3. The summed E-state index contributed by atoms with van der Waals surface area (Å²) >= 11 is 0. The second-order valence-corrected chi connectivity index (χ2v) is 9.81. The van der Waals surface area contributed by atoms with Crippen LogP contribution in [-0.4, -0.2) is 22.3 Å². The van der Waals surface area contributed by atoms with E-state index in [1.165, 1.54) is 57.8 Å². The van der Waals surface area contributed by atoms with Crippen LogP contribution in [0.4, 0.5) is 0 Å². The average molecular weight is 324 g/mol. The van der Waals surface area contributed by atoms with Crippen LogP contribution in [0.1, 0.15) is 98.8 Å². The monoisotopic (exact) mass is 323 g/mol. The minimum atomic E-state index is -0.0318. The highest BCUT2D eigenvalue weighted by atomic mass is 16.3. The lowest BCUT2D eigenvalue weighted by Gasteiger charge is -2.50. The molecule has 0 amide bonds. The molecule has 0 radical (unpaired) electrons. The first kappa shape index (κ1) is 19.2. The van der Waals surface area contributed by atoms with Crippen LogP contribution in [0.15, 0.2) is 0 Å². The van der Waals surface area contributed by atoms with Crippen molar-refractivity contribution in [1.82, 2.24) is 5.32 Å². The van der Waals surface area contributed by atoms with Gasteiger partial charge in [-0.1, -0.05) is 32.6 Å². The normalized spacial score (nSPS) is 34.4. The van der Waals surface area contributed by atoms with Crippen LogP contribution in [0.3, 0.4) is 0 Å². The fraction of sp³-hybridized carbons (Fsp3) is 1.00. The molecule has 1 saturated carbocycles. The van der Waals surface area contributed by atoms with E-state index in [1.807, 2.05) is 0 Å². The van der Waals surface area contributed by atoms with Crippen molar-refractivity contribution in [2.75, 3.05) is 0 Å². The van der Waals surface area contributed by atoms with E-state index in [4.69, 9.17) is 0 Å². The molecule has 0 aromatic rings. The molecule has 2 N–H and O–H groups in total. The first-order valence-corrected chi connectivity index (χ1v) is 10.2. The number of nitrogens with one attached hydrogen (secondary N) is 1. The maximum Gasteiger partial charge on any atom is 0.0568 e. The third-order valence-corrected chi connectivity index (χ3v) is 6.30. The molecule has 1 saturated heterocycles. The van der Waals surface area contributed by atoms with Gasteiger partial charge in [-0.05, 0) is 84.0 Å². The Balaban J connectivity index is 1.91. The Labute approximate surface area is 144 Å². The van der Waals surface area contributed by atoms with E-state index in [0.29, 0.717) is 5.92 Å². The number of hydrogen-bond acceptors (Lipinski definition) is 2. The highest BCUT2D eigenvalue weighted by Gasteiger charge is 2.42. The molecule has 0 aromatic heterocycles. The van der Waals surface area contributed by atoms with Gasteiger partial charge in [0, 0.05) is 11.1 Å². The summed E-state index contributed by atoms with van der Waals surface area (Å²) in [5, 5.41) is 14.3. The zero-order valence-corrected chi connectivity index (χ0v) is 16.3. The molecule has 1 aliphatic carbocycles. The Morgan fingerprint density at radius 1 is 0.913 bits per heavy atom. The van der Waals surface area contributed by atoms with Gasteiger partial charge in [-0.15, -0.1) is 0 Å². The molecule has 2 rings (SSSR count). The summed E-state index contributed by atoms with van der Waals surface area (Å²) in [5.74, 6) is 2.22. The second kappa shape index (κ2) is 7.87. The van der Waals surface area contributed by atoms with E-state index in [9.17, 15) is 5.11 Å². The van der Waals surface area contributed by atoms with Gasteiger partial charge >= 0.3 is 0 Å². The average Bonchev–Trinajstić information content (AvgIpc) is 2.42. The van der Waals surface area contributed by atoms with Gasteiger partial charge in [0.25, 0.3) is 0 Å². The third kappa shape index (κ3) is 5.74. The SMILES string of the molecule is CCCCCCC1CC(C2CC(C)(C)NC(C)(C)C2)CCC1O. The predicted molar refractivity (Wildman–Crippen MR) is 99.6 cm³/mol. The molecule has 1 aliphatic heterocycles. The lowest BCUT2D eigenvalue weighted by molar-refractivity contribution is 0.00492. The maximum absolute atomic E-state index is 10.4. The smallest absolute Gasteiger partial charge is 0.0568 e. The summed E-state index contributed by atoms with van der Waals surface area (Å²) in [6.07, 6.45) is 12.6. The van der Waals surface area contributed by atoms with Gasteiger partial charge in [0.15, 0.2) is 0 Å². The van der Waals surface area contributed by atoms with Crippen molar-refractivity contribution < 1.29 is 5.11 Å². The maximum atomic E-state index is 10.4. The fourth-order valence-electron chi connectivity index (χ4n) is 5.59. The van der Waals surface area contributed by atoms with Gasteiger partial charge in [-0.2, -0.15) is 0 Å². The van der Waals surface area contributed by atoms with E-state index in [1.54, 1.807) is 0 Å². The van der Waals surface area contributed by atoms with Gasteiger partial charge in [-0.25, -0.2) is 0 Å². The molecule has 0 aromatic carbocycles. The van der Waals surface area contributed by atoms with E-state index in [0.717, 1.165) is 18.3 Å². The van der Waals surface area contributed by atoms with Crippen molar-refractivity contribution in [2.45, 2.75) is 116 Å². The second-order valence-electron chi connectivity index (χ2n) is 9.81. The van der Waals surface area contributed by atoms with Crippen molar-refractivity contribution in [3.8, 4) is 0 Å². The Hall–Kier alpha value is -0.0800. The van der Waals surface area contributed by atoms with Crippen LogP contribution < -0.4 is 5.32 Å². The molecule has 3 unspecified atom stereocenters. The number of aliphatic hydroxyl groups excluding tert-OH is 1. The minimum absolute atomic E-state index is 0.0318. The van der Waals surface area contributed by atoms with E-state index >= 15 is 0 Å². The molecular weight excluding hydrogens is 282 g/mol. The summed E-state index contributed by atoms with van der Waals surface area (Å²) in [4.78, 5) is 0. The van der Waals surface area contributed by atoms with Gasteiger partial charge < -0.3 is 10.4 Å². The van der Waals surface area contributed by atoms with Crippen LogP contribution >= 0.6 is 0 Å². The molecule has 2 nitrogen and oxygen atoms in total. The Morgan fingerprint density at radius 2 is 1.57 bits per heavy atom. The topological polar surface area (TPSA) is 32.3 Å². The predicted octanol–water partition coefficient (Wildman–Crippen LogP) is 5.29. The van der Waals surface area contributed by atoms with E-state index in [-0.39, 0.29) is 17.2 Å². The van der Waals surface area contributed by atoms with Crippen LogP contribution in [0, 0.1) is 17.8 Å². The van der Waals surface area contributed by atoms with E-state index < -0.39 is 0 Å². The third-order valence-electron chi connectivity index (χ3n) is 6.30. The number of piperidine rings is 1. The molecule has 2 heteroatoms. The Kier molecular flexibility index (Phi) is 6.58. The number of aliphatic hydroxyl groups is 1. The summed E-state index contributed by atoms with van der Waals surface area (Å²) in [5.41, 5.74) is 0.498. The summed E-state index contributed by atoms with van der Waals surface area (Å²) in [6.45, 7) is 11.7. The van der Waals surface area contributed by atoms with Gasteiger partial charge in [0.2, 0.25) is 0 Å². The largest absolute Gasteiger partial charge is 0.393 e. The first-order chi connectivity index (χ1) is 10.7. The van der Waals surface area contributed by atoms with Gasteiger partial charge in [-0.3, -0.25) is 0 Å². The minimum Gasteiger partial charge on any atom is -0.393 e. The number of rotatable bonds is 6. The molecule has 23 heavy (non-hydrogen) atoms. The standard InChI is InChI=1S/C21H41NO/c1-6-7-8-9-10-17-13-16(11-12-19(17)23)18-14-20(2,3)22-21(4,5)15-18/h16-19,22-23H,6-15H2,1-5H3. The highest BCUT2D eigenvalue weighted by Crippen LogP contribution is 2.44. The summed E-state index contributed by atoms with van der Waals surface area (Å²) in [6, 6.07) is 0. The zero-order chi connectivity index (χ0) is 17.1. The lowest BCUT2D eigenvalue weighted by Crippen LogP contribution is -2.59. The molecule has 2 aliphatic rings. The fourth-order valence-corrected chi connectivity index (χ4v) is 5.59. The molecular formula is C21H41NO. The van der Waals surface area contributed by atoms with Gasteiger partial charge in [0.05, 0.1) is 6.10 Å². The lowest BCUT2D eigenvalue weighted by atomic mass is 9.64. The van der Waals surface area contributed by atoms with Crippen molar-refractivity contribution in [2.24, 2.45) is 17.8 Å². The molecule has 1 heterocycles.